The highest BCUT2D eigenvalue weighted by Gasteiger charge is 2.29. The Morgan fingerprint density at radius 1 is 1.14 bits per heavy atom. The van der Waals surface area contributed by atoms with Gasteiger partial charge in [-0.3, -0.25) is 19.3 Å². The van der Waals surface area contributed by atoms with Crippen molar-refractivity contribution in [2.24, 2.45) is 0 Å². The van der Waals surface area contributed by atoms with E-state index >= 15 is 0 Å². The van der Waals surface area contributed by atoms with E-state index in [2.05, 4.69) is 40.0 Å². The molecule has 0 fully saturated rings. The van der Waals surface area contributed by atoms with Crippen LogP contribution in [-0.4, -0.2) is 35.7 Å². The lowest BCUT2D eigenvalue weighted by atomic mass is 10.1. The highest BCUT2D eigenvalue weighted by molar-refractivity contribution is 6.10. The quantitative estimate of drug-likeness (QED) is 0.750. The predicted octanol–water partition coefficient (Wildman–Crippen LogP) is 1.39. The van der Waals surface area contributed by atoms with E-state index in [1.54, 1.807) is 24.3 Å². The minimum absolute atomic E-state index is 0.112. The minimum Gasteiger partial charge on any atom is -0.352 e. The van der Waals surface area contributed by atoms with Crippen LogP contribution >= 0.6 is 0 Å². The maximum Gasteiger partial charge on any atom is 0.254 e. The van der Waals surface area contributed by atoms with Gasteiger partial charge in [-0.05, 0) is 35.9 Å². The third-order valence-electron chi connectivity index (χ3n) is 5.08. The van der Waals surface area contributed by atoms with Crippen molar-refractivity contribution in [1.29, 1.82) is 0 Å². The maximum absolute atomic E-state index is 12.4. The van der Waals surface area contributed by atoms with Crippen molar-refractivity contribution in [1.82, 2.24) is 15.5 Å². The van der Waals surface area contributed by atoms with Crippen LogP contribution in [-0.2, 0) is 29.2 Å². The number of amides is 3. The number of hydrogen-bond acceptors (Lipinski definition) is 4. The topological polar surface area (TPSA) is 90.5 Å². The molecular weight excluding hydrogens is 356 g/mol. The van der Waals surface area contributed by atoms with Crippen LogP contribution in [0, 0.1) is 0 Å². The number of benzene rings is 2. The standard InChI is InChI=1S/C21H22N4O3/c1-25-11-14-7-6-13(8-15(14)12-25)10-22-19(26)9-18-21(28)23-17-5-3-2-4-16(17)20(27)24-18/h2-8,18H,9-12H2,1H3,(H,22,26)(H,23,28)(H,24,27)/t18-/m0/s1. The smallest absolute Gasteiger partial charge is 0.254 e. The summed E-state index contributed by atoms with van der Waals surface area (Å²) in [4.78, 5) is 39.3. The van der Waals surface area contributed by atoms with Gasteiger partial charge in [-0.15, -0.1) is 0 Å². The van der Waals surface area contributed by atoms with Crippen LogP contribution in [0.15, 0.2) is 42.5 Å². The van der Waals surface area contributed by atoms with E-state index in [9.17, 15) is 14.4 Å². The molecule has 7 nitrogen and oxygen atoms in total. The molecule has 0 unspecified atom stereocenters. The van der Waals surface area contributed by atoms with Crippen LogP contribution in [0.1, 0.15) is 33.5 Å². The first-order chi connectivity index (χ1) is 13.5. The summed E-state index contributed by atoms with van der Waals surface area (Å²) in [5.41, 5.74) is 4.46. The normalized spacial score (nSPS) is 18.5. The van der Waals surface area contributed by atoms with Crippen LogP contribution in [0.5, 0.6) is 0 Å². The second kappa shape index (κ2) is 7.44. The summed E-state index contributed by atoms with van der Waals surface area (Å²) in [6, 6.07) is 12.1. The van der Waals surface area contributed by atoms with Gasteiger partial charge >= 0.3 is 0 Å². The van der Waals surface area contributed by atoms with Crippen LogP contribution < -0.4 is 16.0 Å². The van der Waals surface area contributed by atoms with Crippen LogP contribution in [0.25, 0.3) is 0 Å². The van der Waals surface area contributed by atoms with Crippen LogP contribution in [0.4, 0.5) is 5.69 Å². The fourth-order valence-corrected chi connectivity index (χ4v) is 3.64. The first-order valence-corrected chi connectivity index (χ1v) is 9.26. The lowest BCUT2D eigenvalue weighted by Gasteiger charge is -2.14. The molecule has 2 heterocycles. The summed E-state index contributed by atoms with van der Waals surface area (Å²) in [6.45, 7) is 2.24. The molecule has 144 valence electrons. The molecule has 1 atom stereocenters. The molecule has 4 rings (SSSR count). The molecule has 7 heteroatoms. The molecule has 0 saturated carbocycles. The van der Waals surface area contributed by atoms with Crippen molar-refractivity contribution in [2.75, 3.05) is 12.4 Å². The second-order valence-electron chi connectivity index (χ2n) is 7.32. The molecule has 3 amide bonds. The molecule has 0 radical (unpaired) electrons. The van der Waals surface area contributed by atoms with Crippen molar-refractivity contribution >= 4 is 23.4 Å². The van der Waals surface area contributed by atoms with Gasteiger partial charge in [0.25, 0.3) is 5.91 Å². The molecule has 0 bridgehead atoms. The van der Waals surface area contributed by atoms with Crippen LogP contribution in [0.2, 0.25) is 0 Å². The van der Waals surface area contributed by atoms with Gasteiger partial charge in [-0.2, -0.15) is 0 Å². The molecular formula is C21H22N4O3. The van der Waals surface area contributed by atoms with Crippen molar-refractivity contribution in [3.63, 3.8) is 0 Å². The van der Waals surface area contributed by atoms with Crippen molar-refractivity contribution in [3.8, 4) is 0 Å². The van der Waals surface area contributed by atoms with Crippen molar-refractivity contribution in [3.05, 3.63) is 64.7 Å². The average molecular weight is 378 g/mol. The molecule has 0 aliphatic carbocycles. The molecule has 0 aromatic heterocycles. The van der Waals surface area contributed by atoms with E-state index < -0.39 is 11.9 Å². The number of fused-ring (bicyclic) bond motifs is 2. The number of nitrogens with one attached hydrogen (secondary N) is 3. The van der Waals surface area contributed by atoms with Crippen molar-refractivity contribution < 1.29 is 14.4 Å². The SMILES string of the molecule is CN1Cc2ccc(CNC(=O)C[C@@H]3NC(=O)c4ccccc4NC3=O)cc2C1. The van der Waals surface area contributed by atoms with Gasteiger partial charge in [0, 0.05) is 19.6 Å². The predicted molar refractivity (Wildman–Crippen MR) is 104 cm³/mol. The number of carbonyl (C=O) groups excluding carboxylic acids is 3. The Labute approximate surface area is 163 Å². The number of anilines is 1. The molecule has 0 spiro atoms. The van der Waals surface area contributed by atoms with Gasteiger partial charge in [0.2, 0.25) is 11.8 Å². The average Bonchev–Trinajstić information content (AvgIpc) is 2.99. The molecule has 28 heavy (non-hydrogen) atoms. The zero-order chi connectivity index (χ0) is 19.7. The Morgan fingerprint density at radius 2 is 1.93 bits per heavy atom. The van der Waals surface area contributed by atoms with Gasteiger partial charge in [0.05, 0.1) is 17.7 Å². The summed E-state index contributed by atoms with van der Waals surface area (Å²) in [5, 5.41) is 8.18. The fraction of sp³-hybridized carbons (Fsp3) is 0.286. The Kier molecular flexibility index (Phi) is 4.83. The zero-order valence-electron chi connectivity index (χ0n) is 15.6. The Hall–Kier alpha value is -3.19. The Morgan fingerprint density at radius 3 is 2.79 bits per heavy atom. The molecule has 3 N–H and O–H groups in total. The summed E-state index contributed by atoms with van der Waals surface area (Å²) < 4.78 is 0. The van der Waals surface area contributed by atoms with E-state index in [4.69, 9.17) is 0 Å². The third kappa shape index (κ3) is 3.75. The first kappa shape index (κ1) is 18.2. The second-order valence-corrected chi connectivity index (χ2v) is 7.32. The lowest BCUT2D eigenvalue weighted by Crippen LogP contribution is -2.44. The molecule has 2 aliphatic heterocycles. The zero-order valence-corrected chi connectivity index (χ0v) is 15.6. The molecule has 2 aromatic rings. The van der Waals surface area contributed by atoms with E-state index in [0.29, 0.717) is 17.8 Å². The van der Waals surface area contributed by atoms with Gasteiger partial charge < -0.3 is 16.0 Å². The number of hydrogen-bond donors (Lipinski definition) is 3. The van der Waals surface area contributed by atoms with Gasteiger partial charge in [-0.25, -0.2) is 0 Å². The lowest BCUT2D eigenvalue weighted by molar-refractivity contribution is -0.125. The molecule has 2 aromatic carbocycles. The van der Waals surface area contributed by atoms with E-state index in [0.717, 1.165) is 18.7 Å². The molecule has 2 aliphatic rings. The van der Waals surface area contributed by atoms with Crippen molar-refractivity contribution in [2.45, 2.75) is 32.1 Å². The van der Waals surface area contributed by atoms with Gasteiger partial charge in [-0.1, -0.05) is 30.3 Å². The summed E-state index contributed by atoms with van der Waals surface area (Å²) in [7, 11) is 2.08. The van der Waals surface area contributed by atoms with Gasteiger partial charge in [0.15, 0.2) is 0 Å². The number of nitrogens with zero attached hydrogens (tertiary/aromatic N) is 1. The largest absolute Gasteiger partial charge is 0.352 e. The highest BCUT2D eigenvalue weighted by atomic mass is 16.2. The summed E-state index contributed by atoms with van der Waals surface area (Å²) >= 11 is 0. The number of para-hydroxylation sites is 1. The monoisotopic (exact) mass is 378 g/mol. The Balaban J connectivity index is 1.36. The molecule has 0 saturated heterocycles. The van der Waals surface area contributed by atoms with E-state index in [1.807, 2.05) is 6.07 Å². The van der Waals surface area contributed by atoms with E-state index in [-0.39, 0.29) is 18.2 Å². The maximum atomic E-state index is 12.4. The third-order valence-corrected chi connectivity index (χ3v) is 5.08. The summed E-state index contributed by atoms with van der Waals surface area (Å²) in [5.74, 6) is -1.05. The first-order valence-electron chi connectivity index (χ1n) is 9.26. The Bertz CT molecular complexity index is 956. The highest BCUT2D eigenvalue weighted by Crippen LogP contribution is 2.22. The number of rotatable bonds is 4. The van der Waals surface area contributed by atoms with E-state index in [1.165, 1.54) is 11.1 Å². The minimum atomic E-state index is -0.909. The van der Waals surface area contributed by atoms with Crippen LogP contribution in [0.3, 0.4) is 0 Å². The summed E-state index contributed by atoms with van der Waals surface area (Å²) in [6.07, 6.45) is -0.112. The number of carbonyl (C=O) groups is 3. The fourth-order valence-electron chi connectivity index (χ4n) is 3.64. The van der Waals surface area contributed by atoms with Gasteiger partial charge in [0.1, 0.15) is 6.04 Å².